The van der Waals surface area contributed by atoms with E-state index in [9.17, 15) is 0 Å². The van der Waals surface area contributed by atoms with E-state index in [4.69, 9.17) is 0 Å². The fourth-order valence-electron chi connectivity index (χ4n) is 0.311. The Hall–Kier alpha value is -0.630. The maximum absolute atomic E-state index is 3.88. The van der Waals surface area contributed by atoms with E-state index in [-0.39, 0.29) is 0 Å². The Morgan fingerprint density at radius 1 is 1.86 bits per heavy atom. The van der Waals surface area contributed by atoms with Gasteiger partial charge in [0.2, 0.25) is 0 Å². The lowest BCUT2D eigenvalue weighted by Crippen LogP contribution is -1.61. The molecule has 0 unspecified atom stereocenters. The molecule has 1 heterocycles. The Labute approximate surface area is 46.3 Å². The molecule has 0 N–H and O–H groups in total. The number of hydrogen-bond donors (Lipinski definition) is 0. The second kappa shape index (κ2) is 1.89. The van der Waals surface area contributed by atoms with Crippen LogP contribution in [0.1, 0.15) is 5.01 Å². The molecule has 35 valence electrons. The predicted molar refractivity (Wildman–Crippen MR) is 30.1 cm³/mol. The molecule has 1 aromatic heterocycles. The molecule has 1 radical (unpaired) electrons. The number of rotatable bonds is 1. The average molecular weight is 110 g/mol. The first-order valence-electron chi connectivity index (χ1n) is 1.86. The molecule has 0 aliphatic rings. The topological polar surface area (TPSA) is 12.9 Å². The summed E-state index contributed by atoms with van der Waals surface area (Å²) in [6.45, 7) is 3.43. The predicted octanol–water partition coefficient (Wildman–Crippen LogP) is 1.48. The van der Waals surface area contributed by atoms with Gasteiger partial charge in [-0.05, 0) is 0 Å². The zero-order valence-corrected chi connectivity index (χ0v) is 4.53. The summed E-state index contributed by atoms with van der Waals surface area (Å²) < 4.78 is 0. The average Bonchev–Trinajstić information content (AvgIpc) is 2.14. The van der Waals surface area contributed by atoms with Crippen molar-refractivity contribution in [1.29, 1.82) is 0 Å². The van der Waals surface area contributed by atoms with Crippen molar-refractivity contribution in [1.82, 2.24) is 4.98 Å². The summed E-state index contributed by atoms with van der Waals surface area (Å²) >= 11 is 1.54. The third-order valence-electron chi connectivity index (χ3n) is 0.584. The summed E-state index contributed by atoms with van der Waals surface area (Å²) in [6.07, 6.45) is 4.40. The summed E-state index contributed by atoms with van der Waals surface area (Å²) in [6, 6.07) is 0. The third-order valence-corrected chi connectivity index (χ3v) is 1.31. The summed E-state index contributed by atoms with van der Waals surface area (Å²) in [5.41, 5.74) is 0. The van der Waals surface area contributed by atoms with Gasteiger partial charge in [0, 0.05) is 17.7 Å². The van der Waals surface area contributed by atoms with Crippen LogP contribution in [0.5, 0.6) is 0 Å². The van der Waals surface area contributed by atoms with Gasteiger partial charge in [0.15, 0.2) is 0 Å². The van der Waals surface area contributed by atoms with E-state index in [2.05, 4.69) is 17.6 Å². The zero-order valence-electron chi connectivity index (χ0n) is 3.72. The van der Waals surface area contributed by atoms with Crippen molar-refractivity contribution in [3.63, 3.8) is 0 Å². The Bertz CT molecular complexity index is 143. The molecule has 0 atom stereocenters. The summed E-state index contributed by atoms with van der Waals surface area (Å²) in [4.78, 5) is 3.88. The van der Waals surface area contributed by atoms with E-state index >= 15 is 0 Å². The van der Waals surface area contributed by atoms with Crippen LogP contribution in [-0.4, -0.2) is 4.98 Å². The van der Waals surface area contributed by atoms with E-state index in [1.165, 1.54) is 11.3 Å². The standard InChI is InChI=1S/C5H4NS/c1-2-5-6-3-4-7-5/h3-4H,1H2. The molecule has 0 spiro atoms. The fraction of sp³-hybridized carbons (Fsp3) is 0. The molecule has 0 aliphatic carbocycles. The third kappa shape index (κ3) is 0.871. The molecule has 1 nitrogen and oxygen atoms in total. The Kier molecular flexibility index (Phi) is 1.22. The van der Waals surface area contributed by atoms with Crippen LogP contribution in [0.25, 0.3) is 0 Å². The van der Waals surface area contributed by atoms with Gasteiger partial charge < -0.3 is 0 Å². The second-order valence-electron chi connectivity index (χ2n) is 1.01. The monoisotopic (exact) mass is 110 g/mol. The molecule has 2 heteroatoms. The minimum Gasteiger partial charge on any atom is -0.245 e. The Balaban J connectivity index is 2.96. The van der Waals surface area contributed by atoms with E-state index < -0.39 is 0 Å². The fourth-order valence-corrected chi connectivity index (χ4v) is 0.766. The van der Waals surface area contributed by atoms with Crippen LogP contribution >= 0.6 is 11.3 Å². The number of nitrogens with zero attached hydrogens (tertiary/aromatic N) is 1. The minimum absolute atomic E-state index is 0.861. The first kappa shape index (κ1) is 4.53. The molecule has 1 rings (SSSR count). The van der Waals surface area contributed by atoms with Gasteiger partial charge in [-0.25, -0.2) is 4.98 Å². The zero-order chi connectivity index (χ0) is 5.11. The van der Waals surface area contributed by atoms with Crippen LogP contribution in [0.2, 0.25) is 0 Å². The summed E-state index contributed by atoms with van der Waals surface area (Å²) in [5, 5.41) is 2.76. The van der Waals surface area contributed by atoms with Gasteiger partial charge in [-0.15, -0.1) is 11.3 Å². The van der Waals surface area contributed by atoms with Crippen molar-refractivity contribution in [2.45, 2.75) is 0 Å². The molecule has 0 amide bonds. The quantitative estimate of drug-likeness (QED) is 0.533. The normalized spacial score (nSPS) is 8.57. The molecule has 0 saturated carbocycles. The maximum atomic E-state index is 3.88. The molecular weight excluding hydrogens is 106 g/mol. The molecule has 0 fully saturated rings. The highest BCUT2D eigenvalue weighted by atomic mass is 32.1. The SMILES string of the molecule is C=[C]c1nccs1. The molecule has 1 aromatic rings. The van der Waals surface area contributed by atoms with Crippen LogP contribution in [0.15, 0.2) is 18.2 Å². The number of aromatic nitrogens is 1. The molecule has 7 heavy (non-hydrogen) atoms. The molecule has 0 bridgehead atoms. The summed E-state index contributed by atoms with van der Waals surface area (Å²) in [7, 11) is 0. The minimum atomic E-state index is 0.861. The van der Waals surface area contributed by atoms with Crippen molar-refractivity contribution in [3.8, 4) is 0 Å². The van der Waals surface area contributed by atoms with Crippen molar-refractivity contribution < 1.29 is 0 Å². The lowest BCUT2D eigenvalue weighted by molar-refractivity contribution is 1.36. The Morgan fingerprint density at radius 3 is 3.00 bits per heavy atom. The van der Waals surface area contributed by atoms with Crippen molar-refractivity contribution in [2.75, 3.05) is 0 Å². The van der Waals surface area contributed by atoms with Crippen molar-refractivity contribution in [3.05, 3.63) is 29.2 Å². The number of hydrogen-bond acceptors (Lipinski definition) is 2. The van der Waals surface area contributed by atoms with Gasteiger partial charge in [-0.3, -0.25) is 0 Å². The van der Waals surface area contributed by atoms with Gasteiger partial charge in [-0.1, -0.05) is 6.58 Å². The van der Waals surface area contributed by atoms with Crippen molar-refractivity contribution in [2.24, 2.45) is 0 Å². The molecule has 0 aromatic carbocycles. The largest absolute Gasteiger partial charge is 0.245 e. The van der Waals surface area contributed by atoms with E-state index in [0.717, 1.165) is 5.01 Å². The first-order chi connectivity index (χ1) is 3.43. The van der Waals surface area contributed by atoms with E-state index in [1.54, 1.807) is 6.20 Å². The Morgan fingerprint density at radius 2 is 2.71 bits per heavy atom. The maximum Gasteiger partial charge on any atom is 0.123 e. The second-order valence-corrected chi connectivity index (χ2v) is 1.91. The van der Waals surface area contributed by atoms with Crippen LogP contribution in [0.3, 0.4) is 0 Å². The van der Waals surface area contributed by atoms with Crippen molar-refractivity contribution >= 4 is 11.3 Å². The highest BCUT2D eigenvalue weighted by Gasteiger charge is 1.81. The summed E-state index contributed by atoms with van der Waals surface area (Å²) in [5.74, 6) is 0. The lowest BCUT2D eigenvalue weighted by Gasteiger charge is -1.68. The highest BCUT2D eigenvalue weighted by molar-refractivity contribution is 7.09. The van der Waals surface area contributed by atoms with Crippen LogP contribution in [-0.2, 0) is 0 Å². The first-order valence-corrected chi connectivity index (χ1v) is 2.74. The highest BCUT2D eigenvalue weighted by Crippen LogP contribution is 2.00. The molecule has 0 aliphatic heterocycles. The van der Waals surface area contributed by atoms with Gasteiger partial charge in [0.25, 0.3) is 0 Å². The van der Waals surface area contributed by atoms with Gasteiger partial charge in [-0.2, -0.15) is 0 Å². The van der Waals surface area contributed by atoms with Crippen LogP contribution < -0.4 is 0 Å². The van der Waals surface area contributed by atoms with Gasteiger partial charge in [0.1, 0.15) is 5.01 Å². The lowest BCUT2D eigenvalue weighted by atomic mass is 10.7. The van der Waals surface area contributed by atoms with Crippen LogP contribution in [0.4, 0.5) is 0 Å². The number of thiazole rings is 1. The smallest absolute Gasteiger partial charge is 0.123 e. The van der Waals surface area contributed by atoms with E-state index in [0.29, 0.717) is 0 Å². The van der Waals surface area contributed by atoms with E-state index in [1.807, 2.05) is 5.38 Å². The van der Waals surface area contributed by atoms with Crippen LogP contribution in [0, 0.1) is 6.08 Å². The van der Waals surface area contributed by atoms with Gasteiger partial charge in [0.05, 0.1) is 0 Å². The molecule has 0 saturated heterocycles. The van der Waals surface area contributed by atoms with Gasteiger partial charge >= 0.3 is 0 Å². The molecular formula is C5H4NS.